The van der Waals surface area contributed by atoms with Crippen LogP contribution >= 0.6 is 0 Å². The number of ether oxygens (including phenoxy) is 2. The number of ketones is 1. The summed E-state index contributed by atoms with van der Waals surface area (Å²) in [7, 11) is 0. The molecule has 3 aromatic rings. The molecule has 0 aromatic heterocycles. The van der Waals surface area contributed by atoms with Crippen molar-refractivity contribution in [3.8, 4) is 11.5 Å². The van der Waals surface area contributed by atoms with E-state index in [0.717, 1.165) is 0 Å². The van der Waals surface area contributed by atoms with Gasteiger partial charge in [-0.3, -0.25) is 19.8 Å². The van der Waals surface area contributed by atoms with E-state index in [9.17, 15) is 14.4 Å². The second kappa shape index (κ2) is 10.0. The molecule has 7 nitrogen and oxygen atoms in total. The molecule has 0 bridgehead atoms. The minimum atomic E-state index is -0.541. The number of nitrogens with zero attached hydrogens (tertiary/aromatic N) is 1. The summed E-state index contributed by atoms with van der Waals surface area (Å²) in [5.41, 5.74) is 4.30. The van der Waals surface area contributed by atoms with Crippen molar-refractivity contribution >= 4 is 29.4 Å². The highest BCUT2D eigenvalue weighted by molar-refractivity contribution is 6.31. The van der Waals surface area contributed by atoms with Gasteiger partial charge in [0.1, 0.15) is 17.1 Å². The Morgan fingerprint density at radius 3 is 2.15 bits per heavy atom. The highest BCUT2D eigenvalue weighted by Crippen LogP contribution is 2.33. The molecule has 0 radical (unpaired) electrons. The Balaban J connectivity index is 1.80. The van der Waals surface area contributed by atoms with Crippen molar-refractivity contribution in [1.29, 1.82) is 0 Å². The molecule has 0 unspecified atom stereocenters. The van der Waals surface area contributed by atoms with Crippen LogP contribution in [-0.2, 0) is 9.59 Å². The summed E-state index contributed by atoms with van der Waals surface area (Å²) >= 11 is 0. The van der Waals surface area contributed by atoms with Gasteiger partial charge >= 0.3 is 0 Å². The summed E-state index contributed by atoms with van der Waals surface area (Å²) < 4.78 is 11.5. The van der Waals surface area contributed by atoms with E-state index >= 15 is 0 Å². The first-order valence-corrected chi connectivity index (χ1v) is 11.0. The fourth-order valence-electron chi connectivity index (χ4n) is 3.64. The highest BCUT2D eigenvalue weighted by atomic mass is 16.5. The van der Waals surface area contributed by atoms with Gasteiger partial charge in [0.25, 0.3) is 11.8 Å². The van der Waals surface area contributed by atoms with E-state index in [1.54, 1.807) is 60.7 Å². The Bertz CT molecular complexity index is 1250. The predicted octanol–water partition coefficient (Wildman–Crippen LogP) is 4.18. The van der Waals surface area contributed by atoms with E-state index in [0.29, 0.717) is 47.1 Å². The third kappa shape index (κ3) is 4.54. The van der Waals surface area contributed by atoms with Gasteiger partial charge < -0.3 is 9.47 Å². The molecule has 0 spiro atoms. The lowest BCUT2D eigenvalue weighted by molar-refractivity contribution is -0.117. The topological polar surface area (TPSA) is 84.9 Å². The Hall–Kier alpha value is -4.39. The number of hydrazine groups is 1. The van der Waals surface area contributed by atoms with Crippen molar-refractivity contribution < 1.29 is 23.9 Å². The highest BCUT2D eigenvalue weighted by Gasteiger charge is 2.34. The standard InChI is InChI=1S/C27H24N2O5/c1-3-33-23-17-24(34-4-2)21(25(30)18-11-7-5-8-12-18)15-19(23)16-22-26(31)28-29(27(22)32)20-13-9-6-10-14-20/h5-17H,3-4H2,1-2H3,(H,28,31)/b22-16-. The van der Waals surface area contributed by atoms with Crippen LogP contribution in [0.4, 0.5) is 5.69 Å². The molecule has 4 rings (SSSR count). The zero-order valence-electron chi connectivity index (χ0n) is 18.9. The lowest BCUT2D eigenvalue weighted by atomic mass is 9.98. The number of benzene rings is 3. The molecular weight excluding hydrogens is 432 g/mol. The molecule has 7 heteroatoms. The fraction of sp³-hybridized carbons (Fsp3) is 0.148. The lowest BCUT2D eigenvalue weighted by Gasteiger charge is -2.15. The number of nitrogens with one attached hydrogen (secondary N) is 1. The van der Waals surface area contributed by atoms with Gasteiger partial charge in [-0.25, -0.2) is 5.01 Å². The summed E-state index contributed by atoms with van der Waals surface area (Å²) in [6.45, 7) is 4.36. The van der Waals surface area contributed by atoms with Gasteiger partial charge in [-0.2, -0.15) is 0 Å². The number of carbonyl (C=O) groups excluding carboxylic acids is 3. The van der Waals surface area contributed by atoms with Gasteiger partial charge in [0.2, 0.25) is 0 Å². The molecule has 172 valence electrons. The smallest absolute Gasteiger partial charge is 0.282 e. The van der Waals surface area contributed by atoms with Gasteiger partial charge in [-0.1, -0.05) is 48.5 Å². The van der Waals surface area contributed by atoms with Crippen molar-refractivity contribution in [2.45, 2.75) is 13.8 Å². The van der Waals surface area contributed by atoms with Gasteiger partial charge in [-0.05, 0) is 38.1 Å². The summed E-state index contributed by atoms with van der Waals surface area (Å²) in [4.78, 5) is 39.0. The molecule has 1 N–H and O–H groups in total. The second-order valence-electron chi connectivity index (χ2n) is 7.42. The number of hydrogen-bond donors (Lipinski definition) is 1. The molecule has 34 heavy (non-hydrogen) atoms. The van der Waals surface area contributed by atoms with E-state index in [4.69, 9.17) is 9.47 Å². The van der Waals surface area contributed by atoms with Gasteiger partial charge in [-0.15, -0.1) is 0 Å². The monoisotopic (exact) mass is 456 g/mol. The van der Waals surface area contributed by atoms with Crippen molar-refractivity contribution in [2.75, 3.05) is 18.2 Å². The molecule has 2 amide bonds. The lowest BCUT2D eigenvalue weighted by Crippen LogP contribution is -2.35. The van der Waals surface area contributed by atoms with Gasteiger partial charge in [0.15, 0.2) is 5.78 Å². The van der Waals surface area contributed by atoms with E-state index < -0.39 is 11.8 Å². The average Bonchev–Trinajstić information content (AvgIpc) is 3.14. The molecule has 1 aliphatic rings. The molecule has 1 heterocycles. The van der Waals surface area contributed by atoms with E-state index in [1.807, 2.05) is 26.0 Å². The van der Waals surface area contributed by atoms with Crippen LogP contribution < -0.4 is 19.9 Å². The third-order valence-electron chi connectivity index (χ3n) is 5.20. The van der Waals surface area contributed by atoms with Crippen LogP contribution in [0.2, 0.25) is 0 Å². The normalized spacial score (nSPS) is 14.3. The molecule has 0 atom stereocenters. The molecule has 1 fully saturated rings. The fourth-order valence-corrected chi connectivity index (χ4v) is 3.64. The largest absolute Gasteiger partial charge is 0.493 e. The quantitative estimate of drug-likeness (QED) is 0.312. The maximum Gasteiger partial charge on any atom is 0.282 e. The van der Waals surface area contributed by atoms with Crippen LogP contribution in [0.25, 0.3) is 6.08 Å². The molecular formula is C27H24N2O5. The first-order chi connectivity index (χ1) is 16.5. The van der Waals surface area contributed by atoms with Crippen LogP contribution in [-0.4, -0.2) is 30.8 Å². The Kier molecular flexibility index (Phi) is 6.73. The minimum Gasteiger partial charge on any atom is -0.493 e. The maximum atomic E-state index is 13.3. The van der Waals surface area contributed by atoms with E-state index in [-0.39, 0.29) is 11.4 Å². The molecule has 0 saturated carbocycles. The van der Waals surface area contributed by atoms with Crippen LogP contribution in [0.15, 0.2) is 78.4 Å². The van der Waals surface area contributed by atoms with Crippen LogP contribution in [0.3, 0.4) is 0 Å². The second-order valence-corrected chi connectivity index (χ2v) is 7.42. The summed E-state index contributed by atoms with van der Waals surface area (Å²) in [5.74, 6) is -0.499. The summed E-state index contributed by atoms with van der Waals surface area (Å²) in [6.07, 6.45) is 1.45. The number of rotatable bonds is 8. The zero-order chi connectivity index (χ0) is 24.1. The Morgan fingerprint density at radius 1 is 0.882 bits per heavy atom. The molecule has 3 aromatic carbocycles. The average molecular weight is 456 g/mol. The zero-order valence-corrected chi connectivity index (χ0v) is 18.9. The molecule has 1 aliphatic heterocycles. The Morgan fingerprint density at radius 2 is 1.50 bits per heavy atom. The first kappa shape index (κ1) is 22.8. The predicted molar refractivity (Wildman–Crippen MR) is 129 cm³/mol. The van der Waals surface area contributed by atoms with Gasteiger partial charge in [0, 0.05) is 17.2 Å². The number of amides is 2. The van der Waals surface area contributed by atoms with Crippen molar-refractivity contribution in [1.82, 2.24) is 5.43 Å². The minimum absolute atomic E-state index is 0.0629. The van der Waals surface area contributed by atoms with Crippen LogP contribution in [0.5, 0.6) is 11.5 Å². The van der Waals surface area contributed by atoms with Crippen LogP contribution in [0, 0.1) is 0 Å². The Labute approximate surface area is 197 Å². The SMILES string of the molecule is CCOc1cc(OCC)c(C(=O)c2ccccc2)cc1/C=C1/C(=O)NN(c2ccccc2)C1=O. The molecule has 1 saturated heterocycles. The van der Waals surface area contributed by atoms with Gasteiger partial charge in [0.05, 0.1) is 24.5 Å². The number of para-hydroxylation sites is 1. The van der Waals surface area contributed by atoms with Crippen molar-refractivity contribution in [2.24, 2.45) is 0 Å². The first-order valence-electron chi connectivity index (χ1n) is 11.0. The van der Waals surface area contributed by atoms with Crippen molar-refractivity contribution in [3.05, 3.63) is 95.1 Å². The van der Waals surface area contributed by atoms with E-state index in [1.165, 1.54) is 11.1 Å². The van der Waals surface area contributed by atoms with E-state index in [2.05, 4.69) is 5.43 Å². The number of hydrogen-bond acceptors (Lipinski definition) is 5. The summed E-state index contributed by atoms with van der Waals surface area (Å²) in [5, 5.41) is 1.19. The maximum absolute atomic E-state index is 13.3. The molecule has 0 aliphatic carbocycles. The van der Waals surface area contributed by atoms with Crippen LogP contribution in [0.1, 0.15) is 35.3 Å². The van der Waals surface area contributed by atoms with Crippen molar-refractivity contribution in [3.63, 3.8) is 0 Å². The number of anilines is 1. The third-order valence-corrected chi connectivity index (χ3v) is 5.20. The summed E-state index contributed by atoms with van der Waals surface area (Å²) in [6, 6.07) is 20.9. The number of carbonyl (C=O) groups is 3.